The lowest BCUT2D eigenvalue weighted by molar-refractivity contribution is -0.129. The summed E-state index contributed by atoms with van der Waals surface area (Å²) in [5, 5.41) is 15.4. The van der Waals surface area contributed by atoms with Crippen LogP contribution in [0.25, 0.3) is 10.9 Å². The molecule has 4 rings (SSSR count). The topological polar surface area (TPSA) is 65.1 Å². The number of rotatable bonds is 1. The summed E-state index contributed by atoms with van der Waals surface area (Å²) in [6, 6.07) is 11.1. The lowest BCUT2D eigenvalue weighted by Gasteiger charge is -2.23. The molecule has 23 heavy (non-hydrogen) atoms. The summed E-state index contributed by atoms with van der Waals surface area (Å²) in [7, 11) is 0. The SMILES string of the molecule is Cc1ccc(Cl)c2c1NC(=O)C2(O)c1c(C)[nH]c2ccccc12. The van der Waals surface area contributed by atoms with Gasteiger partial charge in [-0.3, -0.25) is 4.79 Å². The standard InChI is InChI=1S/C18H15ClN2O2/c1-9-7-8-12(19)15-16(9)21-17(22)18(15,23)14-10(2)20-13-6-4-3-5-11(13)14/h3-8,20,23H,1-2H3,(H,21,22). The van der Waals surface area contributed by atoms with Gasteiger partial charge in [0, 0.05) is 32.7 Å². The second-order valence-electron chi connectivity index (χ2n) is 5.95. The monoisotopic (exact) mass is 326 g/mol. The van der Waals surface area contributed by atoms with Gasteiger partial charge in [-0.05, 0) is 31.5 Å². The first-order valence-corrected chi connectivity index (χ1v) is 7.73. The van der Waals surface area contributed by atoms with Crippen LogP contribution in [0, 0.1) is 13.8 Å². The molecule has 2 aromatic carbocycles. The first kappa shape index (κ1) is 14.3. The Kier molecular flexibility index (Phi) is 2.86. The molecule has 2 heterocycles. The number of aromatic nitrogens is 1. The molecule has 1 aliphatic rings. The molecule has 0 radical (unpaired) electrons. The molecule has 0 fully saturated rings. The smallest absolute Gasteiger partial charge is 0.266 e. The molecule has 1 aliphatic heterocycles. The molecule has 1 amide bonds. The molecular weight excluding hydrogens is 312 g/mol. The highest BCUT2D eigenvalue weighted by molar-refractivity contribution is 6.33. The van der Waals surface area contributed by atoms with Crippen molar-refractivity contribution in [3.63, 3.8) is 0 Å². The molecule has 116 valence electrons. The third kappa shape index (κ3) is 1.73. The van der Waals surface area contributed by atoms with Gasteiger partial charge in [0.1, 0.15) is 0 Å². The van der Waals surface area contributed by atoms with Crippen LogP contribution in [0.4, 0.5) is 5.69 Å². The van der Waals surface area contributed by atoms with Gasteiger partial charge in [-0.15, -0.1) is 0 Å². The van der Waals surface area contributed by atoms with Gasteiger partial charge in [0.05, 0.1) is 5.69 Å². The summed E-state index contributed by atoms with van der Waals surface area (Å²) in [6.07, 6.45) is 0. The first-order valence-electron chi connectivity index (χ1n) is 7.35. The van der Waals surface area contributed by atoms with Crippen LogP contribution in [-0.4, -0.2) is 16.0 Å². The zero-order chi connectivity index (χ0) is 16.4. The van der Waals surface area contributed by atoms with E-state index in [-0.39, 0.29) is 0 Å². The normalized spacial score (nSPS) is 19.9. The van der Waals surface area contributed by atoms with Crippen molar-refractivity contribution in [2.24, 2.45) is 0 Å². The van der Waals surface area contributed by atoms with E-state index in [0.29, 0.717) is 21.8 Å². The Morgan fingerprint density at radius 2 is 1.83 bits per heavy atom. The number of halogens is 1. The minimum Gasteiger partial charge on any atom is -0.372 e. The van der Waals surface area contributed by atoms with Crippen LogP contribution in [0.3, 0.4) is 0 Å². The number of carbonyl (C=O) groups is 1. The lowest BCUT2D eigenvalue weighted by Crippen LogP contribution is -2.36. The van der Waals surface area contributed by atoms with Crippen molar-refractivity contribution >= 4 is 34.1 Å². The minimum absolute atomic E-state index is 0.371. The van der Waals surface area contributed by atoms with Gasteiger partial charge in [0.25, 0.3) is 5.91 Å². The van der Waals surface area contributed by atoms with Gasteiger partial charge >= 0.3 is 0 Å². The Morgan fingerprint density at radius 1 is 1.09 bits per heavy atom. The number of anilines is 1. The molecule has 0 saturated heterocycles. The fourth-order valence-corrected chi connectivity index (χ4v) is 3.79. The second-order valence-corrected chi connectivity index (χ2v) is 6.36. The molecule has 0 aliphatic carbocycles. The average Bonchev–Trinajstić information content (AvgIpc) is 2.99. The maximum atomic E-state index is 12.7. The Balaban J connectivity index is 2.12. The van der Waals surface area contributed by atoms with Crippen molar-refractivity contribution in [2.45, 2.75) is 19.4 Å². The number of aromatic amines is 1. The summed E-state index contributed by atoms with van der Waals surface area (Å²) in [4.78, 5) is 15.9. The predicted octanol–water partition coefficient (Wildman–Crippen LogP) is 3.63. The summed E-state index contributed by atoms with van der Waals surface area (Å²) in [6.45, 7) is 3.73. The van der Waals surface area contributed by atoms with E-state index in [1.54, 1.807) is 6.07 Å². The summed E-state index contributed by atoms with van der Waals surface area (Å²) in [5.41, 5.74) is 2.25. The van der Waals surface area contributed by atoms with E-state index in [0.717, 1.165) is 22.2 Å². The number of benzene rings is 2. The number of carbonyl (C=O) groups excluding carboxylic acids is 1. The van der Waals surface area contributed by atoms with E-state index < -0.39 is 11.5 Å². The number of hydrogen-bond acceptors (Lipinski definition) is 2. The van der Waals surface area contributed by atoms with Crippen LogP contribution < -0.4 is 5.32 Å². The van der Waals surface area contributed by atoms with Crippen molar-refractivity contribution in [1.82, 2.24) is 4.98 Å². The number of amides is 1. The van der Waals surface area contributed by atoms with Gasteiger partial charge < -0.3 is 15.4 Å². The van der Waals surface area contributed by atoms with Crippen molar-refractivity contribution in [3.8, 4) is 0 Å². The van der Waals surface area contributed by atoms with Crippen LogP contribution in [-0.2, 0) is 10.4 Å². The molecule has 3 N–H and O–H groups in total. The largest absolute Gasteiger partial charge is 0.372 e. The van der Waals surface area contributed by atoms with E-state index in [1.165, 1.54) is 0 Å². The zero-order valence-corrected chi connectivity index (χ0v) is 13.5. The van der Waals surface area contributed by atoms with Gasteiger partial charge in [-0.2, -0.15) is 0 Å². The number of hydrogen-bond donors (Lipinski definition) is 3. The third-order valence-corrected chi connectivity index (χ3v) is 4.86. The van der Waals surface area contributed by atoms with E-state index in [4.69, 9.17) is 11.6 Å². The highest BCUT2D eigenvalue weighted by atomic mass is 35.5. The number of H-pyrrole nitrogens is 1. The maximum Gasteiger partial charge on any atom is 0.266 e. The summed E-state index contributed by atoms with van der Waals surface area (Å²) < 4.78 is 0. The van der Waals surface area contributed by atoms with E-state index >= 15 is 0 Å². The molecule has 1 aromatic heterocycles. The Hall–Kier alpha value is -2.30. The van der Waals surface area contributed by atoms with Crippen LogP contribution in [0.1, 0.15) is 22.4 Å². The van der Waals surface area contributed by atoms with Gasteiger partial charge in [0.15, 0.2) is 5.60 Å². The van der Waals surface area contributed by atoms with Gasteiger partial charge in [0.2, 0.25) is 0 Å². The van der Waals surface area contributed by atoms with Crippen molar-refractivity contribution in [1.29, 1.82) is 0 Å². The Bertz CT molecular complexity index is 977. The van der Waals surface area contributed by atoms with E-state index in [1.807, 2.05) is 44.2 Å². The molecule has 0 spiro atoms. The van der Waals surface area contributed by atoms with E-state index in [2.05, 4.69) is 10.3 Å². The number of fused-ring (bicyclic) bond motifs is 2. The summed E-state index contributed by atoms with van der Waals surface area (Å²) >= 11 is 6.35. The maximum absolute atomic E-state index is 12.7. The fraction of sp³-hybridized carbons (Fsp3) is 0.167. The number of nitrogens with one attached hydrogen (secondary N) is 2. The number of aryl methyl sites for hydroxylation is 2. The lowest BCUT2D eigenvalue weighted by atomic mass is 9.85. The van der Waals surface area contributed by atoms with E-state index in [9.17, 15) is 9.90 Å². The molecule has 3 aromatic rings. The number of para-hydroxylation sites is 1. The number of aliphatic hydroxyl groups is 1. The second kappa shape index (κ2) is 4.60. The highest BCUT2D eigenvalue weighted by Crippen LogP contribution is 2.48. The predicted molar refractivity (Wildman–Crippen MR) is 90.9 cm³/mol. The van der Waals surface area contributed by atoms with Crippen LogP contribution in [0.2, 0.25) is 5.02 Å². The average molecular weight is 327 g/mol. The summed E-state index contributed by atoms with van der Waals surface area (Å²) in [5.74, 6) is -0.475. The van der Waals surface area contributed by atoms with Gasteiger partial charge in [-0.25, -0.2) is 0 Å². The zero-order valence-electron chi connectivity index (χ0n) is 12.7. The first-order chi connectivity index (χ1) is 10.9. The van der Waals surface area contributed by atoms with Crippen molar-refractivity contribution < 1.29 is 9.90 Å². The molecule has 0 saturated carbocycles. The Morgan fingerprint density at radius 3 is 2.61 bits per heavy atom. The fourth-order valence-electron chi connectivity index (χ4n) is 3.50. The molecular formula is C18H15ClN2O2. The Labute approximate surface area is 138 Å². The van der Waals surface area contributed by atoms with Crippen LogP contribution in [0.15, 0.2) is 36.4 Å². The quantitative estimate of drug-likeness (QED) is 0.639. The molecule has 5 heteroatoms. The van der Waals surface area contributed by atoms with Crippen molar-refractivity contribution in [3.05, 3.63) is 63.8 Å². The van der Waals surface area contributed by atoms with Crippen LogP contribution in [0.5, 0.6) is 0 Å². The molecule has 1 unspecified atom stereocenters. The highest BCUT2D eigenvalue weighted by Gasteiger charge is 2.51. The molecule has 4 nitrogen and oxygen atoms in total. The third-order valence-electron chi connectivity index (χ3n) is 4.55. The molecule has 1 atom stereocenters. The molecule has 0 bridgehead atoms. The van der Waals surface area contributed by atoms with Crippen molar-refractivity contribution in [2.75, 3.05) is 5.32 Å². The minimum atomic E-state index is -1.80. The van der Waals surface area contributed by atoms with Gasteiger partial charge in [-0.1, -0.05) is 35.9 Å². The van der Waals surface area contributed by atoms with Crippen LogP contribution >= 0.6 is 11.6 Å².